The molecule has 0 bridgehead atoms. The number of oxazole rings is 1. The van der Waals surface area contributed by atoms with Crippen molar-refractivity contribution in [3.05, 3.63) is 53.7 Å². The summed E-state index contributed by atoms with van der Waals surface area (Å²) in [5.41, 5.74) is 1.82. The lowest BCUT2D eigenvalue weighted by atomic mass is 10.2. The number of piperazine rings is 1. The molecule has 0 unspecified atom stereocenters. The molecule has 1 saturated heterocycles. The maximum atomic E-state index is 12.8. The number of nitrogens with zero attached hydrogens (tertiary/aromatic N) is 4. The molecule has 1 aromatic carbocycles. The van der Waals surface area contributed by atoms with Crippen molar-refractivity contribution in [2.75, 3.05) is 39.3 Å². The number of hydrogen-bond donors (Lipinski definition) is 0. The Morgan fingerprint density at radius 1 is 1.10 bits per heavy atom. The van der Waals surface area contributed by atoms with Crippen molar-refractivity contribution < 1.29 is 9.21 Å². The molecule has 29 heavy (non-hydrogen) atoms. The quantitative estimate of drug-likeness (QED) is 0.651. The van der Waals surface area contributed by atoms with Crippen LogP contribution in [0.25, 0.3) is 0 Å². The Morgan fingerprint density at radius 3 is 2.45 bits per heavy atom. The van der Waals surface area contributed by atoms with Crippen molar-refractivity contribution in [1.29, 1.82) is 0 Å². The Balaban J connectivity index is 1.26. The molecule has 0 atom stereocenters. The average molecular weight is 397 g/mol. The van der Waals surface area contributed by atoms with Crippen molar-refractivity contribution in [2.45, 2.75) is 39.3 Å². The van der Waals surface area contributed by atoms with Crippen LogP contribution >= 0.6 is 0 Å². The van der Waals surface area contributed by atoms with E-state index in [1.165, 1.54) is 18.4 Å². The minimum Gasteiger partial charge on any atom is -0.447 e. The lowest BCUT2D eigenvalue weighted by Crippen LogP contribution is -2.45. The second kappa shape index (κ2) is 9.55. The predicted octanol–water partition coefficient (Wildman–Crippen LogP) is 3.25. The normalized spacial score (nSPS) is 18.1. The third-order valence-corrected chi connectivity index (χ3v) is 5.80. The van der Waals surface area contributed by atoms with Crippen molar-refractivity contribution in [1.82, 2.24) is 19.7 Å². The van der Waals surface area contributed by atoms with Crippen LogP contribution < -0.4 is 0 Å². The first kappa shape index (κ1) is 20.1. The van der Waals surface area contributed by atoms with Crippen LogP contribution in [0.4, 0.5) is 0 Å². The summed E-state index contributed by atoms with van der Waals surface area (Å²) in [5.74, 6) is 1.35. The van der Waals surface area contributed by atoms with Crippen LogP contribution in [0.5, 0.6) is 0 Å². The van der Waals surface area contributed by atoms with Gasteiger partial charge in [-0.05, 0) is 30.7 Å². The van der Waals surface area contributed by atoms with Gasteiger partial charge in [0.1, 0.15) is 6.26 Å². The molecule has 4 rings (SSSR count). The van der Waals surface area contributed by atoms with Gasteiger partial charge >= 0.3 is 0 Å². The van der Waals surface area contributed by atoms with E-state index in [2.05, 4.69) is 52.0 Å². The fraction of sp³-hybridized carbons (Fsp3) is 0.565. The molecule has 6 heteroatoms. The van der Waals surface area contributed by atoms with Crippen LogP contribution in [-0.4, -0.2) is 64.9 Å². The highest BCUT2D eigenvalue weighted by Gasteiger charge is 2.28. The molecule has 2 aromatic rings. The van der Waals surface area contributed by atoms with Gasteiger partial charge in [0, 0.05) is 45.8 Å². The molecular formula is C23H32N4O2. The predicted molar refractivity (Wildman–Crippen MR) is 112 cm³/mol. The van der Waals surface area contributed by atoms with E-state index in [1.807, 2.05) is 4.90 Å². The van der Waals surface area contributed by atoms with Gasteiger partial charge in [-0.1, -0.05) is 37.3 Å². The number of aromatic nitrogens is 1. The first-order chi connectivity index (χ1) is 14.2. The largest absolute Gasteiger partial charge is 0.447 e. The van der Waals surface area contributed by atoms with Gasteiger partial charge in [0.05, 0.1) is 6.54 Å². The summed E-state index contributed by atoms with van der Waals surface area (Å²) in [6.45, 7) is 9.48. The van der Waals surface area contributed by atoms with Gasteiger partial charge < -0.3 is 9.32 Å². The maximum Gasteiger partial charge on any atom is 0.275 e. The van der Waals surface area contributed by atoms with E-state index < -0.39 is 0 Å². The Hall–Kier alpha value is -2.18. The summed E-state index contributed by atoms with van der Waals surface area (Å²) in [6, 6.07) is 10.6. The van der Waals surface area contributed by atoms with Gasteiger partial charge in [-0.3, -0.25) is 14.6 Å². The van der Waals surface area contributed by atoms with Crippen LogP contribution in [0.3, 0.4) is 0 Å². The molecule has 0 spiro atoms. The molecule has 1 aromatic heterocycles. The highest BCUT2D eigenvalue weighted by Crippen LogP contribution is 2.30. The number of rotatable bonds is 9. The monoisotopic (exact) mass is 396 g/mol. The van der Waals surface area contributed by atoms with E-state index in [9.17, 15) is 4.79 Å². The fourth-order valence-electron chi connectivity index (χ4n) is 3.94. The van der Waals surface area contributed by atoms with Crippen molar-refractivity contribution >= 4 is 5.91 Å². The van der Waals surface area contributed by atoms with Gasteiger partial charge in [-0.25, -0.2) is 4.98 Å². The second-order valence-corrected chi connectivity index (χ2v) is 8.36. The summed E-state index contributed by atoms with van der Waals surface area (Å²) in [5, 5.41) is 0. The van der Waals surface area contributed by atoms with Crippen molar-refractivity contribution in [3.8, 4) is 0 Å². The first-order valence-corrected chi connectivity index (χ1v) is 10.9. The summed E-state index contributed by atoms with van der Waals surface area (Å²) in [4.78, 5) is 24.1. The third kappa shape index (κ3) is 5.67. The smallest absolute Gasteiger partial charge is 0.275 e. The fourth-order valence-corrected chi connectivity index (χ4v) is 3.94. The highest BCUT2D eigenvalue weighted by molar-refractivity contribution is 5.92. The van der Waals surface area contributed by atoms with E-state index in [1.54, 1.807) is 6.26 Å². The Morgan fingerprint density at radius 2 is 1.79 bits per heavy atom. The van der Waals surface area contributed by atoms with Gasteiger partial charge in [-0.15, -0.1) is 0 Å². The molecule has 1 aliphatic heterocycles. The van der Waals surface area contributed by atoms with Gasteiger partial charge in [0.2, 0.25) is 5.89 Å². The standard InChI is InChI=1S/C23H32N4O2/c1-2-10-27(16-20-8-9-20)23(28)21-18-29-22(24-21)17-26-13-11-25(12-14-26)15-19-6-4-3-5-7-19/h3-7,18,20H,2,8-17H2,1H3. The molecule has 2 fully saturated rings. The zero-order valence-corrected chi connectivity index (χ0v) is 17.4. The minimum atomic E-state index is 0.0152. The van der Waals surface area contributed by atoms with Crippen LogP contribution in [0, 0.1) is 5.92 Å². The van der Waals surface area contributed by atoms with Crippen molar-refractivity contribution in [2.24, 2.45) is 5.92 Å². The lowest BCUT2D eigenvalue weighted by molar-refractivity contribution is 0.0741. The maximum absolute atomic E-state index is 12.8. The average Bonchev–Trinajstić information content (AvgIpc) is 3.44. The molecular weight excluding hydrogens is 364 g/mol. The van der Waals surface area contributed by atoms with E-state index in [4.69, 9.17) is 4.42 Å². The van der Waals surface area contributed by atoms with Crippen LogP contribution in [0.1, 0.15) is 48.1 Å². The first-order valence-electron chi connectivity index (χ1n) is 10.9. The molecule has 1 saturated carbocycles. The van der Waals surface area contributed by atoms with Gasteiger partial charge in [0.25, 0.3) is 5.91 Å². The zero-order valence-electron chi connectivity index (χ0n) is 17.4. The topological polar surface area (TPSA) is 52.8 Å². The Kier molecular flexibility index (Phi) is 6.62. The number of carbonyl (C=O) groups excluding carboxylic acids is 1. The number of hydrogen-bond acceptors (Lipinski definition) is 5. The molecule has 2 heterocycles. The molecule has 1 amide bonds. The number of carbonyl (C=O) groups is 1. The van der Waals surface area contributed by atoms with Gasteiger partial charge in [-0.2, -0.15) is 0 Å². The molecule has 2 aliphatic rings. The summed E-state index contributed by atoms with van der Waals surface area (Å²) < 4.78 is 5.65. The third-order valence-electron chi connectivity index (χ3n) is 5.80. The Labute approximate surface area is 173 Å². The second-order valence-electron chi connectivity index (χ2n) is 8.36. The van der Waals surface area contributed by atoms with E-state index in [0.29, 0.717) is 24.0 Å². The summed E-state index contributed by atoms with van der Waals surface area (Å²) >= 11 is 0. The van der Waals surface area contributed by atoms with Crippen LogP contribution in [0.2, 0.25) is 0 Å². The van der Waals surface area contributed by atoms with Crippen LogP contribution in [0.15, 0.2) is 41.0 Å². The number of benzene rings is 1. The van der Waals surface area contributed by atoms with E-state index >= 15 is 0 Å². The van der Waals surface area contributed by atoms with E-state index in [-0.39, 0.29) is 5.91 Å². The highest BCUT2D eigenvalue weighted by atomic mass is 16.3. The van der Waals surface area contributed by atoms with E-state index in [0.717, 1.165) is 52.2 Å². The molecule has 6 nitrogen and oxygen atoms in total. The zero-order chi connectivity index (χ0) is 20.1. The molecule has 1 aliphatic carbocycles. The minimum absolute atomic E-state index is 0.0152. The summed E-state index contributed by atoms with van der Waals surface area (Å²) in [7, 11) is 0. The lowest BCUT2D eigenvalue weighted by Gasteiger charge is -2.34. The molecule has 156 valence electrons. The number of amides is 1. The van der Waals surface area contributed by atoms with Crippen molar-refractivity contribution in [3.63, 3.8) is 0 Å². The Bertz CT molecular complexity index is 779. The molecule has 0 radical (unpaired) electrons. The summed E-state index contributed by atoms with van der Waals surface area (Å²) in [6.07, 6.45) is 5.00. The SMILES string of the molecule is CCCN(CC1CC1)C(=O)c1coc(CN2CCN(Cc3ccccc3)CC2)n1. The van der Waals surface area contributed by atoms with Crippen LogP contribution in [-0.2, 0) is 13.1 Å². The van der Waals surface area contributed by atoms with Gasteiger partial charge in [0.15, 0.2) is 5.69 Å². The molecule has 0 N–H and O–H groups in total.